The van der Waals surface area contributed by atoms with Gasteiger partial charge in [0.15, 0.2) is 0 Å². The molecule has 70 valence electrons. The Kier molecular flexibility index (Phi) is 5.69. The zero-order chi connectivity index (χ0) is 9.45. The second-order valence-corrected chi connectivity index (χ2v) is 3.02. The minimum Gasteiger partial charge on any atom is -0.389 e. The maximum absolute atomic E-state index is 9.78. The highest BCUT2D eigenvalue weighted by Gasteiger charge is 2.20. The van der Waals surface area contributed by atoms with Crippen molar-refractivity contribution in [2.45, 2.75) is 38.7 Å². The molecule has 0 heterocycles. The van der Waals surface area contributed by atoms with E-state index in [4.69, 9.17) is 5.26 Å². The van der Waals surface area contributed by atoms with Crippen LogP contribution in [0.2, 0.25) is 0 Å². The smallest absolute Gasteiger partial charge is 0.0766 e. The fraction of sp³-hybridized carbons (Fsp3) is 0.889. The van der Waals surface area contributed by atoms with Crippen molar-refractivity contribution in [1.29, 1.82) is 5.26 Å². The quantitative estimate of drug-likeness (QED) is 0.586. The Hall–Kier alpha value is -0.590. The Bertz CT molecular complexity index is 147. The standard InChI is InChI=1S/C9H18N2O/c1-3-9(12,4-2)8-11-7-5-6-10/h11-12H,3-5,7-8H2,1-2H3. The molecule has 0 aromatic carbocycles. The summed E-state index contributed by atoms with van der Waals surface area (Å²) < 4.78 is 0. The minimum absolute atomic E-state index is 0.503. The summed E-state index contributed by atoms with van der Waals surface area (Å²) >= 11 is 0. The fourth-order valence-electron chi connectivity index (χ4n) is 0.965. The van der Waals surface area contributed by atoms with Crippen LogP contribution in [0.3, 0.4) is 0 Å². The van der Waals surface area contributed by atoms with Crippen LogP contribution in [0.1, 0.15) is 33.1 Å². The van der Waals surface area contributed by atoms with Crippen molar-refractivity contribution < 1.29 is 5.11 Å². The van der Waals surface area contributed by atoms with Gasteiger partial charge >= 0.3 is 0 Å². The summed E-state index contributed by atoms with van der Waals surface area (Å²) in [7, 11) is 0. The number of nitrogens with zero attached hydrogens (tertiary/aromatic N) is 1. The van der Waals surface area contributed by atoms with Crippen LogP contribution >= 0.6 is 0 Å². The molecule has 3 nitrogen and oxygen atoms in total. The van der Waals surface area contributed by atoms with Gasteiger partial charge in [-0.25, -0.2) is 0 Å². The van der Waals surface area contributed by atoms with E-state index < -0.39 is 5.60 Å². The molecule has 0 spiro atoms. The zero-order valence-corrected chi connectivity index (χ0v) is 7.93. The fourth-order valence-corrected chi connectivity index (χ4v) is 0.965. The number of nitrogens with one attached hydrogen (secondary N) is 1. The van der Waals surface area contributed by atoms with Crippen LogP contribution in [0.4, 0.5) is 0 Å². The number of nitriles is 1. The van der Waals surface area contributed by atoms with E-state index in [0.717, 1.165) is 12.8 Å². The van der Waals surface area contributed by atoms with Crippen molar-refractivity contribution in [3.63, 3.8) is 0 Å². The molecule has 0 radical (unpaired) electrons. The molecular weight excluding hydrogens is 152 g/mol. The summed E-state index contributed by atoms with van der Waals surface area (Å²) in [5.41, 5.74) is -0.588. The molecule has 12 heavy (non-hydrogen) atoms. The van der Waals surface area contributed by atoms with Crippen molar-refractivity contribution in [1.82, 2.24) is 5.32 Å². The van der Waals surface area contributed by atoms with Crippen LogP contribution in [-0.4, -0.2) is 23.8 Å². The summed E-state index contributed by atoms with van der Waals surface area (Å²) in [6.45, 7) is 5.19. The molecule has 0 atom stereocenters. The summed E-state index contributed by atoms with van der Waals surface area (Å²) in [5, 5.41) is 21.1. The first-order valence-electron chi connectivity index (χ1n) is 4.48. The summed E-state index contributed by atoms with van der Waals surface area (Å²) in [5.74, 6) is 0. The lowest BCUT2D eigenvalue weighted by atomic mass is 9.98. The normalized spacial score (nSPS) is 11.2. The Morgan fingerprint density at radius 3 is 2.42 bits per heavy atom. The molecule has 0 unspecified atom stereocenters. The molecule has 0 aromatic rings. The molecule has 0 bridgehead atoms. The summed E-state index contributed by atoms with van der Waals surface area (Å²) in [6, 6.07) is 2.05. The van der Waals surface area contributed by atoms with Crippen molar-refractivity contribution in [3.8, 4) is 6.07 Å². The minimum atomic E-state index is -0.588. The Morgan fingerprint density at radius 2 is 2.00 bits per heavy atom. The molecule has 0 saturated heterocycles. The van der Waals surface area contributed by atoms with E-state index in [1.807, 2.05) is 19.9 Å². The highest BCUT2D eigenvalue weighted by Crippen LogP contribution is 2.12. The van der Waals surface area contributed by atoms with Crippen molar-refractivity contribution in [2.24, 2.45) is 0 Å². The Labute approximate surface area is 74.4 Å². The van der Waals surface area contributed by atoms with Gasteiger partial charge in [-0.3, -0.25) is 0 Å². The van der Waals surface area contributed by atoms with Gasteiger partial charge < -0.3 is 10.4 Å². The van der Waals surface area contributed by atoms with Gasteiger partial charge in [0.25, 0.3) is 0 Å². The highest BCUT2D eigenvalue weighted by atomic mass is 16.3. The van der Waals surface area contributed by atoms with Crippen LogP contribution in [0, 0.1) is 11.3 Å². The lowest BCUT2D eigenvalue weighted by Gasteiger charge is -2.25. The van der Waals surface area contributed by atoms with Crippen LogP contribution in [0.25, 0.3) is 0 Å². The first-order valence-corrected chi connectivity index (χ1v) is 4.48. The van der Waals surface area contributed by atoms with Gasteiger partial charge in [0.1, 0.15) is 0 Å². The molecule has 0 aliphatic rings. The zero-order valence-electron chi connectivity index (χ0n) is 7.93. The third kappa shape index (κ3) is 4.32. The Balaban J connectivity index is 3.53. The van der Waals surface area contributed by atoms with E-state index in [1.165, 1.54) is 0 Å². The lowest BCUT2D eigenvalue weighted by molar-refractivity contribution is 0.0329. The number of rotatable bonds is 6. The second kappa shape index (κ2) is 5.99. The molecule has 3 heteroatoms. The van der Waals surface area contributed by atoms with Gasteiger partial charge in [-0.1, -0.05) is 13.8 Å². The maximum atomic E-state index is 9.78. The molecule has 0 aliphatic carbocycles. The van der Waals surface area contributed by atoms with E-state index in [0.29, 0.717) is 19.5 Å². The molecule has 0 fully saturated rings. The predicted octanol–water partition coefficient (Wildman–Crippen LogP) is 1.04. The van der Waals surface area contributed by atoms with E-state index >= 15 is 0 Å². The van der Waals surface area contributed by atoms with E-state index in [9.17, 15) is 5.11 Å². The number of hydrogen-bond acceptors (Lipinski definition) is 3. The van der Waals surface area contributed by atoms with Gasteiger partial charge in [0.05, 0.1) is 11.7 Å². The lowest BCUT2D eigenvalue weighted by Crippen LogP contribution is -2.39. The molecular formula is C9H18N2O. The van der Waals surface area contributed by atoms with Crippen LogP contribution in [0.15, 0.2) is 0 Å². The van der Waals surface area contributed by atoms with Gasteiger partial charge in [-0.15, -0.1) is 0 Å². The SMILES string of the molecule is CCC(O)(CC)CNCCC#N. The molecule has 2 N–H and O–H groups in total. The average molecular weight is 170 g/mol. The third-order valence-electron chi connectivity index (χ3n) is 2.18. The van der Waals surface area contributed by atoms with E-state index in [-0.39, 0.29) is 0 Å². The average Bonchev–Trinajstić information content (AvgIpc) is 2.12. The predicted molar refractivity (Wildman–Crippen MR) is 48.6 cm³/mol. The first kappa shape index (κ1) is 11.4. The molecule has 0 saturated carbocycles. The van der Waals surface area contributed by atoms with Gasteiger partial charge in [0, 0.05) is 19.5 Å². The van der Waals surface area contributed by atoms with Crippen LogP contribution in [-0.2, 0) is 0 Å². The van der Waals surface area contributed by atoms with Crippen molar-refractivity contribution >= 4 is 0 Å². The van der Waals surface area contributed by atoms with Crippen LogP contribution in [0.5, 0.6) is 0 Å². The number of aliphatic hydroxyl groups is 1. The molecule has 0 aliphatic heterocycles. The topological polar surface area (TPSA) is 56.0 Å². The van der Waals surface area contributed by atoms with Crippen molar-refractivity contribution in [3.05, 3.63) is 0 Å². The highest BCUT2D eigenvalue weighted by molar-refractivity contribution is 4.79. The third-order valence-corrected chi connectivity index (χ3v) is 2.18. The molecule has 0 aromatic heterocycles. The molecule has 0 rings (SSSR count). The summed E-state index contributed by atoms with van der Waals surface area (Å²) in [4.78, 5) is 0. The largest absolute Gasteiger partial charge is 0.389 e. The van der Waals surface area contributed by atoms with Gasteiger partial charge in [-0.2, -0.15) is 5.26 Å². The summed E-state index contributed by atoms with van der Waals surface area (Å²) in [6.07, 6.45) is 2.01. The van der Waals surface area contributed by atoms with Crippen LogP contribution < -0.4 is 5.32 Å². The first-order chi connectivity index (χ1) is 5.68. The van der Waals surface area contributed by atoms with Crippen molar-refractivity contribution in [2.75, 3.05) is 13.1 Å². The van der Waals surface area contributed by atoms with E-state index in [2.05, 4.69) is 5.32 Å². The van der Waals surface area contributed by atoms with Gasteiger partial charge in [-0.05, 0) is 12.8 Å². The number of hydrogen-bond donors (Lipinski definition) is 2. The van der Waals surface area contributed by atoms with E-state index in [1.54, 1.807) is 0 Å². The molecule has 0 amide bonds. The monoisotopic (exact) mass is 170 g/mol. The Morgan fingerprint density at radius 1 is 1.42 bits per heavy atom. The maximum Gasteiger partial charge on any atom is 0.0766 e. The van der Waals surface area contributed by atoms with Gasteiger partial charge in [0.2, 0.25) is 0 Å². The second-order valence-electron chi connectivity index (χ2n) is 3.02.